The van der Waals surface area contributed by atoms with Crippen molar-refractivity contribution < 1.29 is 15.0 Å². The number of rotatable bonds is 6. The lowest BCUT2D eigenvalue weighted by Crippen LogP contribution is -2.19. The Morgan fingerprint density at radius 2 is 1.76 bits per heavy atom. The lowest BCUT2D eigenvalue weighted by molar-refractivity contribution is -0.117. The normalized spacial score (nSPS) is 18.9. The second-order valence-electron chi connectivity index (χ2n) is 8.74. The molecule has 2 N–H and O–H groups in total. The number of aliphatic hydroxyl groups is 2. The van der Waals surface area contributed by atoms with Gasteiger partial charge in [0.15, 0.2) is 5.76 Å². The molecule has 4 rings (SSSR count). The van der Waals surface area contributed by atoms with Gasteiger partial charge in [0.1, 0.15) is 0 Å². The van der Waals surface area contributed by atoms with Gasteiger partial charge in [-0.3, -0.25) is 14.7 Å². The van der Waals surface area contributed by atoms with Gasteiger partial charge in [-0.1, -0.05) is 36.1 Å². The van der Waals surface area contributed by atoms with Crippen molar-refractivity contribution in [2.75, 3.05) is 19.7 Å². The van der Waals surface area contributed by atoms with Crippen molar-refractivity contribution in [3.05, 3.63) is 82.2 Å². The predicted molar refractivity (Wildman–Crippen MR) is 130 cm³/mol. The molecule has 0 aliphatic carbocycles. The van der Waals surface area contributed by atoms with Crippen molar-refractivity contribution in [3.8, 4) is 17.9 Å². The fourth-order valence-corrected chi connectivity index (χ4v) is 4.24. The number of nitriles is 1. The first-order valence-corrected chi connectivity index (χ1v) is 11.5. The molecule has 2 heterocycles. The molecule has 34 heavy (non-hydrogen) atoms. The summed E-state index contributed by atoms with van der Waals surface area (Å²) in [5.74, 6) is 5.59. The van der Waals surface area contributed by atoms with Crippen LogP contribution < -0.4 is 0 Å². The maximum absolute atomic E-state index is 11.7. The number of benzene rings is 2. The van der Waals surface area contributed by atoms with Crippen molar-refractivity contribution in [2.45, 2.75) is 31.7 Å². The highest BCUT2D eigenvalue weighted by Crippen LogP contribution is 2.27. The fourth-order valence-electron chi connectivity index (χ4n) is 4.24. The number of Topliss-reactive ketones (excluding diaryl/α,β-unsaturated/α-hetero) is 1. The quantitative estimate of drug-likeness (QED) is 0.650. The Morgan fingerprint density at radius 3 is 2.38 bits per heavy atom. The van der Waals surface area contributed by atoms with E-state index in [4.69, 9.17) is 5.26 Å². The minimum absolute atomic E-state index is 0.108. The van der Waals surface area contributed by atoms with Gasteiger partial charge in [0.05, 0.1) is 24.3 Å². The van der Waals surface area contributed by atoms with Gasteiger partial charge in [0.2, 0.25) is 5.78 Å². The maximum atomic E-state index is 11.7. The van der Waals surface area contributed by atoms with Crippen molar-refractivity contribution in [1.29, 1.82) is 5.26 Å². The van der Waals surface area contributed by atoms with Crippen LogP contribution in [-0.2, 0) is 11.3 Å². The van der Waals surface area contributed by atoms with E-state index in [1.54, 1.807) is 0 Å². The summed E-state index contributed by atoms with van der Waals surface area (Å²) in [5, 5.41) is 28.8. The number of hydrogen-bond donors (Lipinski definition) is 2. The monoisotopic (exact) mass is 453 g/mol. The van der Waals surface area contributed by atoms with E-state index in [9.17, 15) is 15.0 Å². The van der Waals surface area contributed by atoms with Crippen LogP contribution in [0.5, 0.6) is 0 Å². The molecule has 2 aliphatic rings. The summed E-state index contributed by atoms with van der Waals surface area (Å²) in [5.41, 5.74) is 4.22. The Hall–Kier alpha value is -3.71. The lowest BCUT2D eigenvalue weighted by Gasteiger charge is -2.17. The van der Waals surface area contributed by atoms with Crippen molar-refractivity contribution >= 4 is 12.0 Å². The van der Waals surface area contributed by atoms with E-state index in [1.807, 2.05) is 36.4 Å². The molecule has 1 fully saturated rings. The van der Waals surface area contributed by atoms with Gasteiger partial charge in [-0.05, 0) is 48.4 Å². The topological polar surface area (TPSA) is 96.9 Å². The van der Waals surface area contributed by atoms with Crippen molar-refractivity contribution in [1.82, 2.24) is 4.90 Å². The minimum atomic E-state index is -0.343. The number of ketones is 1. The van der Waals surface area contributed by atoms with E-state index in [0.717, 1.165) is 42.7 Å². The molecule has 6 nitrogen and oxygen atoms in total. The molecule has 0 aromatic heterocycles. The number of aliphatic imine (C=N–C) groups is 1. The van der Waals surface area contributed by atoms with Gasteiger partial charge in [0.25, 0.3) is 0 Å². The molecule has 0 spiro atoms. The molecule has 2 aromatic rings. The Bertz CT molecular complexity index is 1190. The molecule has 1 unspecified atom stereocenters. The van der Waals surface area contributed by atoms with E-state index >= 15 is 0 Å². The number of nitrogens with zero attached hydrogens (tertiary/aromatic N) is 3. The van der Waals surface area contributed by atoms with Crippen LogP contribution in [0.2, 0.25) is 0 Å². The SMILES string of the molecule is N#CC1CCN(Cc2ccc(C#Cc3ccc([C@@H](CO)CC4=C(O)C(=O)CC=N4)cc3)cc2)C1. The number of aliphatic hydroxyl groups excluding tert-OH is 2. The largest absolute Gasteiger partial charge is 0.503 e. The summed E-state index contributed by atoms with van der Waals surface area (Å²) in [6.45, 7) is 2.55. The van der Waals surface area contributed by atoms with E-state index in [-0.39, 0.29) is 42.8 Å². The highest BCUT2D eigenvalue weighted by Gasteiger charge is 2.22. The van der Waals surface area contributed by atoms with Crippen molar-refractivity contribution in [2.24, 2.45) is 10.9 Å². The van der Waals surface area contributed by atoms with Crippen LogP contribution in [-0.4, -0.2) is 46.8 Å². The van der Waals surface area contributed by atoms with Crippen LogP contribution in [0.4, 0.5) is 0 Å². The Labute approximate surface area is 199 Å². The highest BCUT2D eigenvalue weighted by molar-refractivity contribution is 6.03. The highest BCUT2D eigenvalue weighted by atomic mass is 16.3. The zero-order valence-electron chi connectivity index (χ0n) is 18.9. The third kappa shape index (κ3) is 5.80. The minimum Gasteiger partial charge on any atom is -0.503 e. The average Bonchev–Trinajstić information content (AvgIpc) is 3.32. The summed E-state index contributed by atoms with van der Waals surface area (Å²) in [6, 6.07) is 18.2. The van der Waals surface area contributed by atoms with Gasteiger partial charge in [-0.15, -0.1) is 0 Å². The number of allylic oxidation sites excluding steroid dienone is 2. The smallest absolute Gasteiger partial charge is 0.204 e. The first-order chi connectivity index (χ1) is 16.6. The zero-order chi connectivity index (χ0) is 23.9. The zero-order valence-corrected chi connectivity index (χ0v) is 18.9. The Kier molecular flexibility index (Phi) is 7.54. The van der Waals surface area contributed by atoms with Gasteiger partial charge in [0, 0.05) is 49.2 Å². The second-order valence-corrected chi connectivity index (χ2v) is 8.74. The first-order valence-electron chi connectivity index (χ1n) is 11.5. The van der Waals surface area contributed by atoms with Gasteiger partial charge in [-0.2, -0.15) is 5.26 Å². The molecule has 6 heteroatoms. The van der Waals surface area contributed by atoms with E-state index in [1.165, 1.54) is 11.8 Å². The van der Waals surface area contributed by atoms with Crippen LogP contribution in [0.15, 0.2) is 65.0 Å². The van der Waals surface area contributed by atoms with E-state index in [0.29, 0.717) is 5.70 Å². The van der Waals surface area contributed by atoms with Crippen LogP contribution in [0.25, 0.3) is 0 Å². The van der Waals surface area contributed by atoms with Crippen LogP contribution in [0.3, 0.4) is 0 Å². The van der Waals surface area contributed by atoms with Crippen LogP contribution >= 0.6 is 0 Å². The van der Waals surface area contributed by atoms with E-state index < -0.39 is 0 Å². The first kappa shape index (κ1) is 23.4. The number of likely N-dealkylation sites (tertiary alicyclic amines) is 1. The molecule has 0 amide bonds. The number of carbonyl (C=O) groups is 1. The Morgan fingerprint density at radius 1 is 1.09 bits per heavy atom. The fraction of sp³-hybridized carbons (Fsp3) is 0.321. The molecule has 1 saturated heterocycles. The molecule has 2 atom stereocenters. The molecule has 0 saturated carbocycles. The molecular weight excluding hydrogens is 426 g/mol. The molecular formula is C28H27N3O3. The summed E-state index contributed by atoms with van der Waals surface area (Å²) in [4.78, 5) is 18.1. The van der Waals surface area contributed by atoms with Crippen molar-refractivity contribution in [3.63, 3.8) is 0 Å². The van der Waals surface area contributed by atoms with Crippen LogP contribution in [0, 0.1) is 29.1 Å². The lowest BCUT2D eigenvalue weighted by atomic mass is 9.93. The second kappa shape index (κ2) is 10.9. The maximum Gasteiger partial charge on any atom is 0.204 e. The third-order valence-electron chi connectivity index (χ3n) is 6.27. The van der Waals surface area contributed by atoms with Gasteiger partial charge >= 0.3 is 0 Å². The molecule has 0 radical (unpaired) electrons. The summed E-state index contributed by atoms with van der Waals surface area (Å²) < 4.78 is 0. The Balaban J connectivity index is 1.37. The molecule has 172 valence electrons. The standard InChI is InChI=1S/C28H27N3O3/c29-16-23-12-14-31(18-23)17-22-5-3-20(4-6-22)1-2-21-7-9-24(10-8-21)25(19-32)15-26-28(34)27(33)11-13-30-26/h3-10,13,23,25,32,34H,11-12,14-15,17-19H2/t23?,25-/m1/s1. The van der Waals surface area contributed by atoms with Gasteiger partial charge in [-0.25, -0.2) is 0 Å². The van der Waals surface area contributed by atoms with E-state index in [2.05, 4.69) is 39.9 Å². The summed E-state index contributed by atoms with van der Waals surface area (Å²) in [6.07, 6.45) is 2.84. The molecule has 2 aliphatic heterocycles. The average molecular weight is 454 g/mol. The van der Waals surface area contributed by atoms with Crippen LogP contribution in [0.1, 0.15) is 47.4 Å². The summed E-state index contributed by atoms with van der Waals surface area (Å²) >= 11 is 0. The number of carbonyl (C=O) groups excluding carboxylic acids is 1. The molecule has 2 aromatic carbocycles. The number of hydrogen-bond acceptors (Lipinski definition) is 6. The third-order valence-corrected chi connectivity index (χ3v) is 6.27. The predicted octanol–water partition coefficient (Wildman–Crippen LogP) is 3.71. The van der Waals surface area contributed by atoms with Gasteiger partial charge < -0.3 is 10.2 Å². The summed E-state index contributed by atoms with van der Waals surface area (Å²) in [7, 11) is 0. The molecule has 0 bridgehead atoms.